The number of hydrogen-bond donors (Lipinski definition) is 1. The van der Waals surface area contributed by atoms with Gasteiger partial charge in [-0.05, 0) is 25.1 Å². The Balaban J connectivity index is 1.65. The molecular formula is C12H20N4. The molecule has 4 heteroatoms. The fourth-order valence-corrected chi connectivity index (χ4v) is 1.87. The zero-order chi connectivity index (χ0) is 11.2. The zero-order valence-electron chi connectivity index (χ0n) is 9.89. The Labute approximate surface area is 97.2 Å². The molecule has 0 amide bonds. The van der Waals surface area contributed by atoms with E-state index in [1.165, 1.54) is 5.56 Å². The van der Waals surface area contributed by atoms with Crippen LogP contribution in [0.25, 0.3) is 0 Å². The predicted molar refractivity (Wildman–Crippen MR) is 65.0 cm³/mol. The van der Waals surface area contributed by atoms with Crippen LogP contribution in [0.5, 0.6) is 0 Å². The van der Waals surface area contributed by atoms with Gasteiger partial charge in [0.25, 0.3) is 0 Å². The molecule has 1 fully saturated rings. The van der Waals surface area contributed by atoms with Crippen LogP contribution in [-0.2, 0) is 6.42 Å². The van der Waals surface area contributed by atoms with Gasteiger partial charge in [0, 0.05) is 45.1 Å². The first-order valence-electron chi connectivity index (χ1n) is 5.90. The number of nitrogens with one attached hydrogen (secondary N) is 1. The van der Waals surface area contributed by atoms with Crippen molar-refractivity contribution in [3.63, 3.8) is 0 Å². The number of rotatable bonds is 4. The van der Waals surface area contributed by atoms with Crippen molar-refractivity contribution >= 4 is 0 Å². The second-order valence-electron chi connectivity index (χ2n) is 4.31. The molecule has 0 aliphatic carbocycles. The maximum Gasteiger partial charge on any atom is 0.0300 e. The summed E-state index contributed by atoms with van der Waals surface area (Å²) < 4.78 is 0. The van der Waals surface area contributed by atoms with Crippen molar-refractivity contribution in [1.29, 1.82) is 0 Å². The first-order chi connectivity index (χ1) is 7.84. The number of piperazine rings is 1. The number of aromatic nitrogens is 1. The molecule has 16 heavy (non-hydrogen) atoms. The SMILES string of the molecule is CN1CCN(NCCc2cccnc2)CC1. The molecule has 1 N–H and O–H groups in total. The molecule has 0 bridgehead atoms. The lowest BCUT2D eigenvalue weighted by atomic mass is 10.2. The Hall–Kier alpha value is -0.970. The predicted octanol–water partition coefficient (Wildman–Crippen LogP) is 0.376. The molecule has 88 valence electrons. The summed E-state index contributed by atoms with van der Waals surface area (Å²) in [4.78, 5) is 6.47. The molecule has 2 rings (SSSR count). The second kappa shape index (κ2) is 5.94. The monoisotopic (exact) mass is 220 g/mol. The van der Waals surface area contributed by atoms with E-state index in [1.807, 2.05) is 18.5 Å². The third-order valence-electron chi connectivity index (χ3n) is 2.98. The van der Waals surface area contributed by atoms with Gasteiger partial charge in [0.05, 0.1) is 0 Å². The van der Waals surface area contributed by atoms with Gasteiger partial charge >= 0.3 is 0 Å². The van der Waals surface area contributed by atoms with E-state index in [-0.39, 0.29) is 0 Å². The highest BCUT2D eigenvalue weighted by Gasteiger charge is 2.12. The van der Waals surface area contributed by atoms with Crippen LogP contribution in [0, 0.1) is 0 Å². The lowest BCUT2D eigenvalue weighted by Gasteiger charge is -2.32. The highest BCUT2D eigenvalue weighted by Crippen LogP contribution is 1.98. The van der Waals surface area contributed by atoms with E-state index < -0.39 is 0 Å². The van der Waals surface area contributed by atoms with Gasteiger partial charge in [0.2, 0.25) is 0 Å². The minimum Gasteiger partial charge on any atom is -0.304 e. The van der Waals surface area contributed by atoms with E-state index in [0.29, 0.717) is 0 Å². The Morgan fingerprint density at radius 3 is 2.81 bits per heavy atom. The van der Waals surface area contributed by atoms with Gasteiger partial charge in [-0.1, -0.05) is 6.07 Å². The van der Waals surface area contributed by atoms with Gasteiger partial charge in [-0.15, -0.1) is 0 Å². The van der Waals surface area contributed by atoms with Gasteiger partial charge in [-0.25, -0.2) is 5.01 Å². The topological polar surface area (TPSA) is 31.4 Å². The quantitative estimate of drug-likeness (QED) is 0.795. The molecule has 2 heterocycles. The summed E-state index contributed by atoms with van der Waals surface area (Å²) in [6.07, 6.45) is 4.79. The molecule has 0 spiro atoms. The fourth-order valence-electron chi connectivity index (χ4n) is 1.87. The summed E-state index contributed by atoms with van der Waals surface area (Å²) in [7, 11) is 2.17. The average Bonchev–Trinajstić information content (AvgIpc) is 2.33. The number of pyridine rings is 1. The normalized spacial score (nSPS) is 18.8. The third-order valence-corrected chi connectivity index (χ3v) is 2.98. The lowest BCUT2D eigenvalue weighted by molar-refractivity contribution is 0.105. The van der Waals surface area contributed by atoms with E-state index >= 15 is 0 Å². The van der Waals surface area contributed by atoms with Crippen molar-refractivity contribution < 1.29 is 0 Å². The standard InChI is InChI=1S/C12H20N4/c1-15-7-9-16(10-8-15)14-6-4-12-3-2-5-13-11-12/h2-3,5,11,14H,4,6-10H2,1H3. The van der Waals surface area contributed by atoms with Crippen molar-refractivity contribution in [2.75, 3.05) is 39.8 Å². The van der Waals surface area contributed by atoms with Crippen molar-refractivity contribution in [2.24, 2.45) is 0 Å². The molecule has 0 saturated carbocycles. The van der Waals surface area contributed by atoms with Crippen molar-refractivity contribution in [2.45, 2.75) is 6.42 Å². The van der Waals surface area contributed by atoms with Gasteiger partial charge in [0.1, 0.15) is 0 Å². The number of likely N-dealkylation sites (N-methyl/N-ethyl adjacent to an activating group) is 1. The highest BCUT2D eigenvalue weighted by molar-refractivity contribution is 5.08. The maximum absolute atomic E-state index is 4.11. The molecule has 4 nitrogen and oxygen atoms in total. The van der Waals surface area contributed by atoms with Crippen LogP contribution >= 0.6 is 0 Å². The van der Waals surface area contributed by atoms with Crippen LogP contribution in [0.4, 0.5) is 0 Å². The Morgan fingerprint density at radius 1 is 1.31 bits per heavy atom. The first-order valence-corrected chi connectivity index (χ1v) is 5.90. The summed E-state index contributed by atoms with van der Waals surface area (Å²) >= 11 is 0. The number of hydrazine groups is 1. The Morgan fingerprint density at radius 2 is 2.12 bits per heavy atom. The summed E-state index contributed by atoms with van der Waals surface area (Å²) in [5.74, 6) is 0. The number of nitrogens with zero attached hydrogens (tertiary/aromatic N) is 3. The molecule has 1 aromatic rings. The van der Waals surface area contributed by atoms with Crippen LogP contribution in [-0.4, -0.2) is 54.7 Å². The maximum atomic E-state index is 4.11. The average molecular weight is 220 g/mol. The van der Waals surface area contributed by atoms with Crippen LogP contribution in [0.1, 0.15) is 5.56 Å². The fraction of sp³-hybridized carbons (Fsp3) is 0.583. The van der Waals surface area contributed by atoms with Crippen LogP contribution in [0.2, 0.25) is 0 Å². The van der Waals surface area contributed by atoms with Crippen LogP contribution < -0.4 is 5.43 Å². The molecule has 1 aromatic heterocycles. The molecule has 0 aromatic carbocycles. The van der Waals surface area contributed by atoms with Crippen molar-refractivity contribution in [3.05, 3.63) is 30.1 Å². The largest absolute Gasteiger partial charge is 0.304 e. The van der Waals surface area contributed by atoms with E-state index in [1.54, 1.807) is 0 Å². The second-order valence-corrected chi connectivity index (χ2v) is 4.31. The minimum absolute atomic E-state index is 0.995. The zero-order valence-corrected chi connectivity index (χ0v) is 9.89. The van der Waals surface area contributed by atoms with Crippen LogP contribution in [0.15, 0.2) is 24.5 Å². The molecule has 0 atom stereocenters. The highest BCUT2D eigenvalue weighted by atomic mass is 15.5. The van der Waals surface area contributed by atoms with Crippen LogP contribution in [0.3, 0.4) is 0 Å². The third kappa shape index (κ3) is 3.56. The van der Waals surface area contributed by atoms with Gasteiger partial charge < -0.3 is 4.90 Å². The van der Waals surface area contributed by atoms with E-state index in [0.717, 1.165) is 39.1 Å². The van der Waals surface area contributed by atoms with Gasteiger partial charge in [-0.2, -0.15) is 0 Å². The van der Waals surface area contributed by atoms with E-state index in [2.05, 4.69) is 33.4 Å². The Bertz CT molecular complexity index is 293. The molecule has 1 aliphatic heterocycles. The lowest BCUT2D eigenvalue weighted by Crippen LogP contribution is -2.51. The molecule has 1 aliphatic rings. The summed E-state index contributed by atoms with van der Waals surface area (Å²) in [6.45, 7) is 5.53. The first kappa shape index (κ1) is 11.5. The molecule has 0 radical (unpaired) electrons. The molecule has 0 unspecified atom stereocenters. The molecular weight excluding hydrogens is 200 g/mol. The van der Waals surface area contributed by atoms with Gasteiger partial charge in [0.15, 0.2) is 0 Å². The molecule has 1 saturated heterocycles. The smallest absolute Gasteiger partial charge is 0.0300 e. The van der Waals surface area contributed by atoms with E-state index in [4.69, 9.17) is 0 Å². The van der Waals surface area contributed by atoms with Crippen molar-refractivity contribution in [1.82, 2.24) is 20.3 Å². The summed E-state index contributed by atoms with van der Waals surface area (Å²) in [6, 6.07) is 4.11. The summed E-state index contributed by atoms with van der Waals surface area (Å²) in [5, 5.41) is 2.32. The van der Waals surface area contributed by atoms with Crippen molar-refractivity contribution in [3.8, 4) is 0 Å². The minimum atomic E-state index is 0.995. The van der Waals surface area contributed by atoms with E-state index in [9.17, 15) is 0 Å². The van der Waals surface area contributed by atoms with Gasteiger partial charge in [-0.3, -0.25) is 10.4 Å². The summed E-state index contributed by atoms with van der Waals surface area (Å²) in [5.41, 5.74) is 4.76. The Kier molecular flexibility index (Phi) is 4.27. The number of hydrogen-bond acceptors (Lipinski definition) is 4.